The lowest BCUT2D eigenvalue weighted by Crippen LogP contribution is -2.33. The average Bonchev–Trinajstić information content (AvgIpc) is 2.97. The van der Waals surface area contributed by atoms with E-state index in [9.17, 15) is 0 Å². The van der Waals surface area contributed by atoms with Crippen LogP contribution in [0.15, 0.2) is 12.1 Å². The summed E-state index contributed by atoms with van der Waals surface area (Å²) in [4.78, 5) is 2.35. The van der Waals surface area contributed by atoms with Gasteiger partial charge in [0, 0.05) is 37.3 Å². The summed E-state index contributed by atoms with van der Waals surface area (Å²) in [7, 11) is 4.20. The molecule has 0 spiro atoms. The van der Waals surface area contributed by atoms with Crippen molar-refractivity contribution in [3.05, 3.63) is 17.7 Å². The van der Waals surface area contributed by atoms with Crippen LogP contribution in [-0.4, -0.2) is 34.0 Å². The number of hydrogen-bond donors (Lipinski definition) is 1. The highest BCUT2D eigenvalue weighted by Crippen LogP contribution is 2.47. The number of ether oxygens (including phenoxy) is 2. The molecular weight excluding hydrogens is 240 g/mol. The Morgan fingerprint density at radius 1 is 1.26 bits per heavy atom. The van der Waals surface area contributed by atoms with Gasteiger partial charge in [-0.15, -0.1) is 0 Å². The van der Waals surface area contributed by atoms with Crippen molar-refractivity contribution >= 4 is 5.69 Å². The molecule has 1 fully saturated rings. The maximum atomic E-state index is 5.48. The van der Waals surface area contributed by atoms with E-state index in [2.05, 4.69) is 36.3 Å². The molecule has 19 heavy (non-hydrogen) atoms. The summed E-state index contributed by atoms with van der Waals surface area (Å²) in [5.41, 5.74) is 2.95. The molecule has 0 radical (unpaired) electrons. The second kappa shape index (κ2) is 4.60. The number of hydrogen-bond acceptors (Lipinski definition) is 4. The van der Waals surface area contributed by atoms with Crippen LogP contribution in [0.4, 0.5) is 5.69 Å². The lowest BCUT2D eigenvalue weighted by molar-refractivity contribution is 0.174. The zero-order chi connectivity index (χ0) is 13.5. The standard InChI is InChI=1S/C15H22N2O2/c1-11-6-13-14(19-10-18-13)7-12(11)17(3)9-15(4-5-15)8-16-2/h6-7,16H,4-5,8-10H2,1-3H3. The second-order valence-corrected chi connectivity index (χ2v) is 5.88. The minimum atomic E-state index is 0.339. The Morgan fingerprint density at radius 3 is 2.58 bits per heavy atom. The van der Waals surface area contributed by atoms with E-state index in [1.54, 1.807) is 0 Å². The smallest absolute Gasteiger partial charge is 0.231 e. The van der Waals surface area contributed by atoms with Gasteiger partial charge in [-0.25, -0.2) is 0 Å². The van der Waals surface area contributed by atoms with Crippen molar-refractivity contribution in [2.45, 2.75) is 19.8 Å². The molecule has 3 rings (SSSR count). The van der Waals surface area contributed by atoms with Gasteiger partial charge in [-0.05, 0) is 38.4 Å². The van der Waals surface area contributed by atoms with E-state index in [-0.39, 0.29) is 0 Å². The van der Waals surface area contributed by atoms with Gasteiger partial charge < -0.3 is 19.7 Å². The molecule has 1 saturated carbocycles. The molecule has 2 aliphatic rings. The van der Waals surface area contributed by atoms with E-state index < -0.39 is 0 Å². The molecule has 1 N–H and O–H groups in total. The van der Waals surface area contributed by atoms with E-state index in [0.717, 1.165) is 24.6 Å². The van der Waals surface area contributed by atoms with Gasteiger partial charge in [0.05, 0.1) is 0 Å². The minimum Gasteiger partial charge on any atom is -0.454 e. The Labute approximate surface area is 114 Å². The van der Waals surface area contributed by atoms with Crippen LogP contribution in [0.5, 0.6) is 11.5 Å². The van der Waals surface area contributed by atoms with E-state index in [1.807, 2.05) is 7.05 Å². The summed E-state index contributed by atoms with van der Waals surface area (Å²) in [6, 6.07) is 4.18. The molecule has 1 aliphatic heterocycles. The molecule has 0 bridgehead atoms. The lowest BCUT2D eigenvalue weighted by Gasteiger charge is -2.27. The predicted octanol–water partition coefficient (Wildman–Crippen LogP) is 2.16. The van der Waals surface area contributed by atoms with Crippen LogP contribution in [0.3, 0.4) is 0 Å². The number of anilines is 1. The second-order valence-electron chi connectivity index (χ2n) is 5.88. The van der Waals surface area contributed by atoms with Crippen molar-refractivity contribution in [2.75, 3.05) is 38.9 Å². The molecule has 104 valence electrons. The van der Waals surface area contributed by atoms with E-state index in [4.69, 9.17) is 9.47 Å². The van der Waals surface area contributed by atoms with E-state index >= 15 is 0 Å². The first-order chi connectivity index (χ1) is 9.13. The first kappa shape index (κ1) is 12.6. The fourth-order valence-corrected chi connectivity index (χ4v) is 2.97. The highest BCUT2D eigenvalue weighted by Gasteiger charge is 2.42. The van der Waals surface area contributed by atoms with Crippen molar-refractivity contribution in [3.63, 3.8) is 0 Å². The van der Waals surface area contributed by atoms with Crippen LogP contribution in [0, 0.1) is 12.3 Å². The fourth-order valence-electron chi connectivity index (χ4n) is 2.97. The summed E-state index contributed by atoms with van der Waals surface area (Å²) in [5.74, 6) is 1.73. The van der Waals surface area contributed by atoms with Gasteiger partial charge in [0.1, 0.15) is 0 Å². The van der Waals surface area contributed by atoms with Crippen molar-refractivity contribution < 1.29 is 9.47 Å². The lowest BCUT2D eigenvalue weighted by atomic mass is 10.1. The molecule has 4 nitrogen and oxygen atoms in total. The molecule has 1 aromatic rings. The largest absolute Gasteiger partial charge is 0.454 e. The molecule has 4 heteroatoms. The van der Waals surface area contributed by atoms with E-state index in [0.29, 0.717) is 12.2 Å². The van der Waals surface area contributed by atoms with Gasteiger partial charge in [0.2, 0.25) is 6.79 Å². The number of nitrogens with zero attached hydrogens (tertiary/aromatic N) is 1. The predicted molar refractivity (Wildman–Crippen MR) is 76.2 cm³/mol. The van der Waals surface area contributed by atoms with Crippen molar-refractivity contribution in [1.29, 1.82) is 0 Å². The van der Waals surface area contributed by atoms with Gasteiger partial charge in [-0.2, -0.15) is 0 Å². The quantitative estimate of drug-likeness (QED) is 0.881. The van der Waals surface area contributed by atoms with Gasteiger partial charge in [-0.3, -0.25) is 0 Å². The molecule has 1 heterocycles. The van der Waals surface area contributed by atoms with Gasteiger partial charge in [0.15, 0.2) is 11.5 Å². The number of nitrogens with one attached hydrogen (secondary N) is 1. The van der Waals surface area contributed by atoms with Crippen LogP contribution in [-0.2, 0) is 0 Å². The third kappa shape index (κ3) is 2.37. The van der Waals surface area contributed by atoms with Crippen LogP contribution in [0.1, 0.15) is 18.4 Å². The molecule has 0 amide bonds. The zero-order valence-corrected chi connectivity index (χ0v) is 12.0. The Hall–Kier alpha value is -1.42. The third-order valence-corrected chi connectivity index (χ3v) is 4.18. The van der Waals surface area contributed by atoms with Crippen molar-refractivity contribution in [2.24, 2.45) is 5.41 Å². The first-order valence-corrected chi connectivity index (χ1v) is 6.90. The Bertz CT molecular complexity index is 483. The molecule has 1 aromatic carbocycles. The molecule has 0 atom stereocenters. The SMILES string of the molecule is CNCC1(CN(C)c2cc3c(cc2C)OCO3)CC1. The topological polar surface area (TPSA) is 33.7 Å². The fraction of sp³-hybridized carbons (Fsp3) is 0.600. The van der Waals surface area contributed by atoms with E-state index in [1.165, 1.54) is 24.1 Å². The van der Waals surface area contributed by atoms with Crippen molar-refractivity contribution in [3.8, 4) is 11.5 Å². The van der Waals surface area contributed by atoms with Crippen LogP contribution >= 0.6 is 0 Å². The molecule has 0 aromatic heterocycles. The third-order valence-electron chi connectivity index (χ3n) is 4.18. The maximum Gasteiger partial charge on any atom is 0.231 e. The molecule has 0 saturated heterocycles. The summed E-state index contributed by atoms with van der Waals surface area (Å²) in [5, 5.41) is 3.31. The van der Waals surface area contributed by atoms with Crippen LogP contribution < -0.4 is 19.7 Å². The minimum absolute atomic E-state index is 0.339. The Balaban J connectivity index is 1.78. The monoisotopic (exact) mass is 262 g/mol. The molecule has 1 aliphatic carbocycles. The van der Waals surface area contributed by atoms with Crippen molar-refractivity contribution in [1.82, 2.24) is 5.32 Å². The Morgan fingerprint density at radius 2 is 1.95 bits per heavy atom. The average molecular weight is 262 g/mol. The van der Waals surface area contributed by atoms with Gasteiger partial charge in [0.25, 0.3) is 0 Å². The Kier molecular flexibility index (Phi) is 3.05. The number of rotatable bonds is 5. The number of fused-ring (bicyclic) bond motifs is 1. The number of aryl methyl sites for hydroxylation is 1. The van der Waals surface area contributed by atoms with Crippen LogP contribution in [0.2, 0.25) is 0 Å². The normalized spacial score (nSPS) is 18.5. The number of benzene rings is 1. The highest BCUT2D eigenvalue weighted by atomic mass is 16.7. The summed E-state index contributed by atoms with van der Waals surface area (Å²) < 4.78 is 10.9. The summed E-state index contributed by atoms with van der Waals surface area (Å²) >= 11 is 0. The summed E-state index contributed by atoms with van der Waals surface area (Å²) in [6.45, 7) is 4.66. The zero-order valence-electron chi connectivity index (χ0n) is 12.0. The van der Waals surface area contributed by atoms with Crippen LogP contribution in [0.25, 0.3) is 0 Å². The van der Waals surface area contributed by atoms with Gasteiger partial charge >= 0.3 is 0 Å². The molecule has 0 unspecified atom stereocenters. The first-order valence-electron chi connectivity index (χ1n) is 6.90. The van der Waals surface area contributed by atoms with Gasteiger partial charge in [-0.1, -0.05) is 0 Å². The highest BCUT2D eigenvalue weighted by molar-refractivity contribution is 5.62. The molecular formula is C15H22N2O2. The maximum absolute atomic E-state index is 5.48. The summed E-state index contributed by atoms with van der Waals surface area (Å²) in [6.07, 6.45) is 2.64.